The molecule has 2 fully saturated rings. The summed E-state index contributed by atoms with van der Waals surface area (Å²) in [6.45, 7) is 0. The van der Waals surface area contributed by atoms with Crippen molar-refractivity contribution >= 4 is 15.7 Å². The van der Waals surface area contributed by atoms with E-state index in [1.807, 2.05) is 6.07 Å². The Balaban J connectivity index is 1.68. The van der Waals surface area contributed by atoms with Crippen molar-refractivity contribution in [2.75, 3.05) is 11.0 Å². The molecule has 0 amide bonds. The van der Waals surface area contributed by atoms with Crippen LogP contribution in [0.15, 0.2) is 18.2 Å². The quantitative estimate of drug-likeness (QED) is 0.710. The van der Waals surface area contributed by atoms with Gasteiger partial charge >= 0.3 is 0 Å². The summed E-state index contributed by atoms with van der Waals surface area (Å²) in [6, 6.07) is 5.65. The van der Waals surface area contributed by atoms with E-state index in [0.29, 0.717) is 17.5 Å². The molecular formula is C21H32N2O4S. The Hall–Kier alpha value is -1.31. The molecule has 1 heterocycles. The lowest BCUT2D eigenvalue weighted by Gasteiger charge is -2.49. The van der Waals surface area contributed by atoms with Crippen molar-refractivity contribution in [1.82, 2.24) is 5.32 Å². The predicted molar refractivity (Wildman–Crippen MR) is 110 cm³/mol. The monoisotopic (exact) mass is 408 g/mol. The largest absolute Gasteiger partial charge is 0.484 e. The summed E-state index contributed by atoms with van der Waals surface area (Å²) in [7, 11) is -3.35. The summed E-state index contributed by atoms with van der Waals surface area (Å²) in [6.07, 6.45) is 11.5. The number of rotatable bonds is 4. The maximum Gasteiger partial charge on any atom is 0.229 e. The first-order valence-electron chi connectivity index (χ1n) is 10.6. The molecule has 28 heavy (non-hydrogen) atoms. The van der Waals surface area contributed by atoms with Crippen molar-refractivity contribution in [2.24, 2.45) is 0 Å². The highest BCUT2D eigenvalue weighted by molar-refractivity contribution is 7.92. The molecule has 0 aromatic heterocycles. The second kappa shape index (κ2) is 7.84. The molecule has 2 aliphatic carbocycles. The van der Waals surface area contributed by atoms with Crippen LogP contribution in [0.25, 0.3) is 0 Å². The first kappa shape index (κ1) is 20.0. The molecule has 1 aliphatic heterocycles. The van der Waals surface area contributed by atoms with Crippen molar-refractivity contribution in [3.05, 3.63) is 23.8 Å². The number of hydrogen-bond acceptors (Lipinski definition) is 5. The highest BCUT2D eigenvalue weighted by Gasteiger charge is 2.50. The summed E-state index contributed by atoms with van der Waals surface area (Å²) in [5, 5.41) is 15.1. The number of hydrogen-bond donors (Lipinski definition) is 3. The lowest BCUT2D eigenvalue weighted by atomic mass is 9.74. The predicted octanol–water partition coefficient (Wildman–Crippen LogP) is 3.48. The minimum absolute atomic E-state index is 0.183. The molecule has 0 radical (unpaired) electrons. The van der Waals surface area contributed by atoms with Gasteiger partial charge in [0.25, 0.3) is 0 Å². The number of aliphatic hydroxyl groups excluding tert-OH is 1. The molecule has 1 aromatic carbocycles. The number of ether oxygens (including phenoxy) is 1. The van der Waals surface area contributed by atoms with Crippen molar-refractivity contribution < 1.29 is 18.3 Å². The molecule has 0 saturated heterocycles. The molecule has 156 valence electrons. The fourth-order valence-corrected chi connectivity index (χ4v) is 5.72. The Bertz CT molecular complexity index is 799. The van der Waals surface area contributed by atoms with Gasteiger partial charge in [-0.25, -0.2) is 8.42 Å². The van der Waals surface area contributed by atoms with Gasteiger partial charge in [-0.1, -0.05) is 31.7 Å². The smallest absolute Gasteiger partial charge is 0.229 e. The second-order valence-corrected chi connectivity index (χ2v) is 10.5. The third-order valence-electron chi connectivity index (χ3n) is 6.54. The molecule has 2 saturated carbocycles. The lowest BCUT2D eigenvalue weighted by molar-refractivity contribution is -0.109. The van der Waals surface area contributed by atoms with Gasteiger partial charge < -0.3 is 15.2 Å². The van der Waals surface area contributed by atoms with Crippen LogP contribution in [0.2, 0.25) is 0 Å². The molecule has 0 bridgehead atoms. The Morgan fingerprint density at radius 1 is 1.07 bits per heavy atom. The standard InChI is InChI=1S/C21H32N2O4S/c1-28(25,26)23-16-10-11-17-18(14-16)27-21(12-6-3-7-13-21)20(24)19(17)22-15-8-4-2-5-9-15/h10-11,14-15,19-20,22-24H,2-9,12-13H2,1H3. The average molecular weight is 409 g/mol. The zero-order valence-corrected chi connectivity index (χ0v) is 17.4. The van der Waals surface area contributed by atoms with E-state index in [-0.39, 0.29) is 6.04 Å². The fraction of sp³-hybridized carbons (Fsp3) is 0.714. The van der Waals surface area contributed by atoms with Gasteiger partial charge in [-0.15, -0.1) is 0 Å². The van der Waals surface area contributed by atoms with Gasteiger partial charge in [-0.2, -0.15) is 0 Å². The number of fused-ring (bicyclic) bond motifs is 1. The van der Waals surface area contributed by atoms with Crippen LogP contribution >= 0.6 is 0 Å². The third kappa shape index (κ3) is 4.16. The third-order valence-corrected chi connectivity index (χ3v) is 7.15. The van der Waals surface area contributed by atoms with Gasteiger partial charge in [0.2, 0.25) is 10.0 Å². The number of anilines is 1. The maximum absolute atomic E-state index is 11.6. The molecule has 1 aromatic rings. The second-order valence-electron chi connectivity index (χ2n) is 8.78. The molecule has 7 heteroatoms. The Labute approximate surface area is 168 Å². The molecule has 3 N–H and O–H groups in total. The topological polar surface area (TPSA) is 87.7 Å². The van der Waals surface area contributed by atoms with Crippen molar-refractivity contribution in [1.29, 1.82) is 0 Å². The molecular weight excluding hydrogens is 376 g/mol. The first-order chi connectivity index (χ1) is 13.4. The van der Waals surface area contributed by atoms with Gasteiger partial charge in [0.1, 0.15) is 17.5 Å². The molecule has 6 nitrogen and oxygen atoms in total. The number of aliphatic hydroxyl groups is 1. The van der Waals surface area contributed by atoms with Gasteiger partial charge in [0.15, 0.2) is 0 Å². The van der Waals surface area contributed by atoms with Crippen LogP contribution in [-0.2, 0) is 10.0 Å². The molecule has 4 rings (SSSR count). The van der Waals surface area contributed by atoms with E-state index in [1.165, 1.54) is 25.7 Å². The zero-order chi connectivity index (χ0) is 19.8. The number of benzene rings is 1. The summed E-state index contributed by atoms with van der Waals surface area (Å²) < 4.78 is 32.2. The van der Waals surface area contributed by atoms with Crippen LogP contribution in [0, 0.1) is 0 Å². The highest BCUT2D eigenvalue weighted by atomic mass is 32.2. The van der Waals surface area contributed by atoms with Crippen molar-refractivity contribution in [2.45, 2.75) is 88.0 Å². The minimum Gasteiger partial charge on any atom is -0.484 e. The van der Waals surface area contributed by atoms with Crippen molar-refractivity contribution in [3.8, 4) is 5.75 Å². The van der Waals surface area contributed by atoms with Gasteiger partial charge in [-0.05, 0) is 44.6 Å². The van der Waals surface area contributed by atoms with Crippen LogP contribution < -0.4 is 14.8 Å². The lowest BCUT2D eigenvalue weighted by Crippen LogP contribution is -2.58. The number of sulfonamides is 1. The molecule has 2 atom stereocenters. The molecule has 3 aliphatic rings. The SMILES string of the molecule is CS(=O)(=O)Nc1ccc2c(c1)OC1(CCCCC1)C(O)C2NC1CCCCC1. The summed E-state index contributed by atoms with van der Waals surface area (Å²) in [5.74, 6) is 0.689. The van der Waals surface area contributed by atoms with Crippen LogP contribution in [-0.4, -0.2) is 37.5 Å². The summed E-state index contributed by atoms with van der Waals surface area (Å²) in [5.41, 5.74) is 0.842. The van der Waals surface area contributed by atoms with Gasteiger partial charge in [0, 0.05) is 17.7 Å². The molecule has 2 unspecified atom stereocenters. The maximum atomic E-state index is 11.6. The van der Waals surface area contributed by atoms with E-state index in [9.17, 15) is 13.5 Å². The van der Waals surface area contributed by atoms with Crippen LogP contribution in [0.3, 0.4) is 0 Å². The summed E-state index contributed by atoms with van der Waals surface area (Å²) in [4.78, 5) is 0. The fourth-order valence-electron chi connectivity index (χ4n) is 5.16. The number of nitrogens with one attached hydrogen (secondary N) is 2. The van der Waals surface area contributed by atoms with E-state index in [0.717, 1.165) is 50.3 Å². The Morgan fingerprint density at radius 3 is 2.43 bits per heavy atom. The Kier molecular flexibility index (Phi) is 5.60. The zero-order valence-electron chi connectivity index (χ0n) is 16.6. The van der Waals surface area contributed by atoms with Crippen LogP contribution in [0.5, 0.6) is 5.75 Å². The average Bonchev–Trinajstić information content (AvgIpc) is 2.66. The molecule has 1 spiro atoms. The van der Waals surface area contributed by atoms with E-state index >= 15 is 0 Å². The minimum atomic E-state index is -3.35. The van der Waals surface area contributed by atoms with E-state index in [4.69, 9.17) is 4.74 Å². The van der Waals surface area contributed by atoms with E-state index < -0.39 is 21.7 Å². The Morgan fingerprint density at radius 2 is 1.75 bits per heavy atom. The van der Waals surface area contributed by atoms with Gasteiger partial charge in [0.05, 0.1) is 18.0 Å². The normalized spacial score (nSPS) is 27.8. The van der Waals surface area contributed by atoms with Crippen LogP contribution in [0.4, 0.5) is 5.69 Å². The summed E-state index contributed by atoms with van der Waals surface area (Å²) >= 11 is 0. The van der Waals surface area contributed by atoms with Gasteiger partial charge in [-0.3, -0.25) is 4.72 Å². The van der Waals surface area contributed by atoms with Crippen molar-refractivity contribution in [3.63, 3.8) is 0 Å². The van der Waals surface area contributed by atoms with E-state index in [1.54, 1.807) is 12.1 Å². The first-order valence-corrected chi connectivity index (χ1v) is 12.5. The highest BCUT2D eigenvalue weighted by Crippen LogP contribution is 2.47. The van der Waals surface area contributed by atoms with Crippen LogP contribution in [0.1, 0.15) is 75.8 Å². The van der Waals surface area contributed by atoms with E-state index in [2.05, 4.69) is 10.0 Å².